The predicted octanol–water partition coefficient (Wildman–Crippen LogP) is 2.67. The van der Waals surface area contributed by atoms with E-state index in [1.54, 1.807) is 36.4 Å². The Balaban J connectivity index is 1.86. The molecule has 2 aromatic carbocycles. The van der Waals surface area contributed by atoms with Gasteiger partial charge in [-0.25, -0.2) is 12.8 Å². The normalized spacial score (nSPS) is 20.2. The molecule has 2 aromatic rings. The van der Waals surface area contributed by atoms with Crippen LogP contribution >= 0.6 is 11.6 Å². The first-order valence-electron chi connectivity index (χ1n) is 9.07. The highest BCUT2D eigenvalue weighted by molar-refractivity contribution is 7.89. The van der Waals surface area contributed by atoms with Crippen molar-refractivity contribution in [3.8, 4) is 0 Å². The number of carbonyl (C=O) groups is 1. The van der Waals surface area contributed by atoms with Crippen LogP contribution in [-0.4, -0.2) is 55.6 Å². The van der Waals surface area contributed by atoms with E-state index in [0.29, 0.717) is 11.6 Å². The maximum Gasteiger partial charge on any atom is 0.325 e. The Morgan fingerprint density at radius 1 is 1.10 bits per heavy atom. The fourth-order valence-electron chi connectivity index (χ4n) is 3.28. The van der Waals surface area contributed by atoms with Gasteiger partial charge in [0.1, 0.15) is 11.9 Å². The summed E-state index contributed by atoms with van der Waals surface area (Å²) in [6.07, 6.45) is 0. The second kappa shape index (κ2) is 9.21. The molecule has 0 aliphatic carbocycles. The molecule has 1 fully saturated rings. The Morgan fingerprint density at radius 2 is 1.69 bits per heavy atom. The van der Waals surface area contributed by atoms with Crippen molar-refractivity contribution in [1.29, 1.82) is 0 Å². The third-order valence-electron chi connectivity index (χ3n) is 4.85. The molecule has 0 N–H and O–H groups in total. The molecule has 3 rings (SSSR count). The summed E-state index contributed by atoms with van der Waals surface area (Å²) in [6.45, 7) is 0.878. The summed E-state index contributed by atoms with van der Waals surface area (Å²) in [5.74, 6) is -1.09. The molecule has 6 nitrogen and oxygen atoms in total. The van der Waals surface area contributed by atoms with Crippen LogP contribution in [0.15, 0.2) is 48.5 Å². The van der Waals surface area contributed by atoms with E-state index in [9.17, 15) is 17.6 Å². The second-order valence-electron chi connectivity index (χ2n) is 6.89. The molecule has 1 heterocycles. The molecule has 1 aliphatic heterocycles. The summed E-state index contributed by atoms with van der Waals surface area (Å²) in [6, 6.07) is 11.8. The number of sulfonamides is 1. The van der Waals surface area contributed by atoms with Crippen LogP contribution < -0.4 is 0 Å². The van der Waals surface area contributed by atoms with Gasteiger partial charge in [0.05, 0.1) is 12.9 Å². The SMILES string of the molecule is COC(=O)C1CN(Cc2ccc(F)cc2)CCS(=O)(=O)N1Cc1ccc(Cl)cc1. The summed E-state index contributed by atoms with van der Waals surface area (Å²) in [5.41, 5.74) is 1.55. The third-order valence-corrected chi connectivity index (χ3v) is 6.89. The molecule has 1 unspecified atom stereocenters. The van der Waals surface area contributed by atoms with E-state index < -0.39 is 22.0 Å². The molecule has 9 heteroatoms. The summed E-state index contributed by atoms with van der Waals surface area (Å²) in [7, 11) is -2.47. The minimum atomic E-state index is -3.71. The number of esters is 1. The number of hydrogen-bond acceptors (Lipinski definition) is 5. The van der Waals surface area contributed by atoms with Crippen molar-refractivity contribution >= 4 is 27.6 Å². The summed E-state index contributed by atoms with van der Waals surface area (Å²) in [5, 5.41) is 0.544. The van der Waals surface area contributed by atoms with E-state index in [0.717, 1.165) is 11.1 Å². The molecule has 0 radical (unpaired) electrons. The van der Waals surface area contributed by atoms with Crippen LogP contribution in [0.2, 0.25) is 5.02 Å². The lowest BCUT2D eigenvalue weighted by Crippen LogP contribution is -2.48. The minimum absolute atomic E-state index is 0.0453. The van der Waals surface area contributed by atoms with E-state index in [4.69, 9.17) is 16.3 Å². The Hall–Kier alpha value is -2.00. The van der Waals surface area contributed by atoms with Gasteiger partial charge in [0.25, 0.3) is 0 Å². The Bertz CT molecular complexity index is 951. The smallest absolute Gasteiger partial charge is 0.325 e. The average molecular weight is 441 g/mol. The maximum atomic E-state index is 13.2. The first-order chi connectivity index (χ1) is 13.8. The van der Waals surface area contributed by atoms with Gasteiger partial charge in [-0.15, -0.1) is 0 Å². The largest absolute Gasteiger partial charge is 0.468 e. The number of ether oxygens (including phenoxy) is 1. The van der Waals surface area contributed by atoms with Crippen LogP contribution in [-0.2, 0) is 32.6 Å². The van der Waals surface area contributed by atoms with Crippen molar-refractivity contribution < 1.29 is 22.3 Å². The monoisotopic (exact) mass is 440 g/mol. The maximum absolute atomic E-state index is 13.2. The summed E-state index contributed by atoms with van der Waals surface area (Å²) in [4.78, 5) is 14.3. The first-order valence-corrected chi connectivity index (χ1v) is 11.1. The van der Waals surface area contributed by atoms with Gasteiger partial charge in [0, 0.05) is 31.2 Å². The molecule has 1 saturated heterocycles. The van der Waals surface area contributed by atoms with Gasteiger partial charge in [-0.1, -0.05) is 35.9 Å². The van der Waals surface area contributed by atoms with Crippen molar-refractivity contribution in [2.24, 2.45) is 0 Å². The molecule has 0 aromatic heterocycles. The highest BCUT2D eigenvalue weighted by Crippen LogP contribution is 2.22. The zero-order valence-electron chi connectivity index (χ0n) is 15.9. The first kappa shape index (κ1) is 21.7. The Kier molecular flexibility index (Phi) is 6.89. The molecule has 29 heavy (non-hydrogen) atoms. The highest BCUT2D eigenvalue weighted by Gasteiger charge is 2.39. The number of rotatable bonds is 5. The molecular weight excluding hydrogens is 419 g/mol. The number of benzene rings is 2. The number of halogens is 2. The molecule has 0 spiro atoms. The third kappa shape index (κ3) is 5.54. The van der Waals surface area contributed by atoms with Gasteiger partial charge in [-0.2, -0.15) is 4.31 Å². The zero-order chi connectivity index (χ0) is 21.0. The number of methoxy groups -OCH3 is 1. The lowest BCUT2D eigenvalue weighted by molar-refractivity contribution is -0.145. The summed E-state index contributed by atoms with van der Waals surface area (Å²) < 4.78 is 45.2. The topological polar surface area (TPSA) is 66.9 Å². The van der Waals surface area contributed by atoms with Gasteiger partial charge in [0.15, 0.2) is 0 Å². The fraction of sp³-hybridized carbons (Fsp3) is 0.350. The average Bonchev–Trinajstić information content (AvgIpc) is 2.82. The number of nitrogens with zero attached hydrogens (tertiary/aromatic N) is 2. The van der Waals surface area contributed by atoms with E-state index in [-0.39, 0.29) is 31.2 Å². The summed E-state index contributed by atoms with van der Waals surface area (Å²) >= 11 is 5.91. The zero-order valence-corrected chi connectivity index (χ0v) is 17.5. The van der Waals surface area contributed by atoms with E-state index in [1.165, 1.54) is 23.5 Å². The second-order valence-corrected chi connectivity index (χ2v) is 9.37. The lowest BCUT2D eigenvalue weighted by atomic mass is 10.1. The van der Waals surface area contributed by atoms with Gasteiger partial charge >= 0.3 is 5.97 Å². The molecular formula is C20H22ClFN2O4S. The van der Waals surface area contributed by atoms with Crippen LogP contribution in [0.5, 0.6) is 0 Å². The van der Waals surface area contributed by atoms with Crippen molar-refractivity contribution in [1.82, 2.24) is 9.21 Å². The number of hydrogen-bond donors (Lipinski definition) is 0. The quantitative estimate of drug-likeness (QED) is 0.669. The fourth-order valence-corrected chi connectivity index (χ4v) is 5.02. The molecule has 0 saturated carbocycles. The van der Waals surface area contributed by atoms with Gasteiger partial charge in [0.2, 0.25) is 10.0 Å². The van der Waals surface area contributed by atoms with E-state index in [1.807, 2.05) is 4.90 Å². The van der Waals surface area contributed by atoms with Crippen LogP contribution in [0.3, 0.4) is 0 Å². The standard InChI is InChI=1S/C20H22ClFN2O4S/c1-28-20(25)19-14-23(12-15-4-8-18(22)9-5-15)10-11-29(26,27)24(19)13-16-2-6-17(21)7-3-16/h2-9,19H,10-14H2,1H3. The predicted molar refractivity (Wildman–Crippen MR) is 108 cm³/mol. The number of carbonyl (C=O) groups excluding carboxylic acids is 1. The molecule has 0 amide bonds. The Labute approximate surface area is 174 Å². The molecule has 1 atom stereocenters. The van der Waals surface area contributed by atoms with Gasteiger partial charge in [-0.05, 0) is 35.4 Å². The molecule has 156 valence electrons. The van der Waals surface area contributed by atoms with Crippen molar-refractivity contribution in [2.75, 3.05) is 26.0 Å². The van der Waals surface area contributed by atoms with E-state index >= 15 is 0 Å². The van der Waals surface area contributed by atoms with Gasteiger partial charge in [-0.3, -0.25) is 9.69 Å². The van der Waals surface area contributed by atoms with Crippen LogP contribution in [0.25, 0.3) is 0 Å². The molecule has 1 aliphatic rings. The minimum Gasteiger partial charge on any atom is -0.468 e. The lowest BCUT2D eigenvalue weighted by Gasteiger charge is -2.28. The van der Waals surface area contributed by atoms with Crippen molar-refractivity contribution in [2.45, 2.75) is 19.1 Å². The van der Waals surface area contributed by atoms with Crippen molar-refractivity contribution in [3.63, 3.8) is 0 Å². The molecule has 0 bridgehead atoms. The van der Waals surface area contributed by atoms with Gasteiger partial charge < -0.3 is 4.74 Å². The van der Waals surface area contributed by atoms with Crippen LogP contribution in [0, 0.1) is 5.82 Å². The van der Waals surface area contributed by atoms with Crippen molar-refractivity contribution in [3.05, 3.63) is 70.5 Å². The van der Waals surface area contributed by atoms with Crippen LogP contribution in [0.1, 0.15) is 11.1 Å². The van der Waals surface area contributed by atoms with E-state index in [2.05, 4.69) is 0 Å². The van der Waals surface area contributed by atoms with Crippen LogP contribution in [0.4, 0.5) is 4.39 Å². The Morgan fingerprint density at radius 3 is 2.31 bits per heavy atom. The highest BCUT2D eigenvalue weighted by atomic mass is 35.5.